The summed E-state index contributed by atoms with van der Waals surface area (Å²) >= 11 is 6.82. The highest BCUT2D eigenvalue weighted by Gasteiger charge is 2.12. The largest absolute Gasteiger partial charge is 0.497 e. The first kappa shape index (κ1) is 8.84. The number of thioether (sulfide) groups is 1. The summed E-state index contributed by atoms with van der Waals surface area (Å²) in [6.07, 6.45) is 0. The topological polar surface area (TPSA) is 21.3 Å². The summed E-state index contributed by atoms with van der Waals surface area (Å²) in [6.45, 7) is 0. The quantitative estimate of drug-likeness (QED) is 0.720. The minimum atomic E-state index is 0.857. The molecule has 2 rings (SSSR count). The van der Waals surface area contributed by atoms with Crippen LogP contribution in [-0.2, 0) is 0 Å². The van der Waals surface area contributed by atoms with Crippen LogP contribution in [0.4, 0.5) is 5.69 Å². The number of rotatable bonds is 1. The summed E-state index contributed by atoms with van der Waals surface area (Å²) in [4.78, 5) is 2.09. The molecule has 0 unspecified atom stereocenters. The molecule has 1 N–H and O–H groups in total. The van der Waals surface area contributed by atoms with Crippen molar-refractivity contribution in [2.24, 2.45) is 0 Å². The van der Waals surface area contributed by atoms with Gasteiger partial charge in [0.2, 0.25) is 0 Å². The second kappa shape index (κ2) is 3.55. The van der Waals surface area contributed by atoms with Crippen LogP contribution in [0, 0.1) is 0 Å². The van der Waals surface area contributed by atoms with E-state index in [0.29, 0.717) is 0 Å². The fourth-order valence-electron chi connectivity index (χ4n) is 1.18. The lowest BCUT2D eigenvalue weighted by molar-refractivity contribution is 0.414. The van der Waals surface area contributed by atoms with E-state index in [2.05, 4.69) is 5.32 Å². The molecule has 1 aliphatic heterocycles. The third kappa shape index (κ3) is 1.78. The average molecular weight is 211 g/mol. The molecule has 0 saturated heterocycles. The van der Waals surface area contributed by atoms with Gasteiger partial charge in [0, 0.05) is 10.6 Å². The van der Waals surface area contributed by atoms with Gasteiger partial charge < -0.3 is 10.1 Å². The molecule has 13 heavy (non-hydrogen) atoms. The first-order chi connectivity index (χ1) is 6.29. The Morgan fingerprint density at radius 3 is 3.15 bits per heavy atom. The Bertz CT molecular complexity index is 351. The van der Waals surface area contributed by atoms with Gasteiger partial charge in [0.25, 0.3) is 0 Å². The number of nitrogens with one attached hydrogen (secondary N) is 1. The molecule has 0 aliphatic carbocycles. The third-order valence-electron chi connectivity index (χ3n) is 1.82. The minimum absolute atomic E-state index is 0.857. The first-order valence-corrected chi connectivity index (χ1v) is 5.29. The number of ether oxygens (including phenoxy) is 1. The molecule has 0 radical (unpaired) electrons. The van der Waals surface area contributed by atoms with E-state index < -0.39 is 0 Å². The fourth-order valence-corrected chi connectivity index (χ4v) is 2.30. The van der Waals surface area contributed by atoms with E-state index in [1.165, 1.54) is 4.90 Å². The number of hydrogen-bond donors (Lipinski definition) is 1. The second-order valence-corrected chi connectivity index (χ2v) is 4.21. The van der Waals surface area contributed by atoms with Crippen LogP contribution < -0.4 is 10.1 Å². The number of anilines is 1. The van der Waals surface area contributed by atoms with E-state index in [1.54, 1.807) is 18.9 Å². The van der Waals surface area contributed by atoms with Gasteiger partial charge in [-0.15, -0.1) is 11.8 Å². The van der Waals surface area contributed by atoms with Crippen molar-refractivity contribution in [3.05, 3.63) is 18.2 Å². The summed E-state index contributed by atoms with van der Waals surface area (Å²) in [5.74, 6) is 1.75. The Labute approximate surface area is 86.7 Å². The van der Waals surface area contributed by atoms with Gasteiger partial charge in [-0.2, -0.15) is 0 Å². The average Bonchev–Trinajstić information content (AvgIpc) is 2.17. The number of benzene rings is 1. The predicted octanol–water partition coefficient (Wildman–Crippen LogP) is 2.54. The smallest absolute Gasteiger partial charge is 0.120 e. The van der Waals surface area contributed by atoms with Crippen molar-refractivity contribution < 1.29 is 4.74 Å². The highest BCUT2D eigenvalue weighted by atomic mass is 32.2. The molecule has 0 fully saturated rings. The lowest BCUT2D eigenvalue weighted by Gasteiger charge is -2.18. The molecule has 0 spiro atoms. The third-order valence-corrected chi connectivity index (χ3v) is 3.33. The standard InChI is InChI=1S/C9H9NOS2/c1-11-6-2-3-7-8(4-6)13-5-9(12)10-7/h2-4H,5H2,1H3,(H,10,12). The molecule has 0 aromatic heterocycles. The van der Waals surface area contributed by atoms with Crippen LogP contribution >= 0.6 is 24.0 Å². The summed E-state index contributed by atoms with van der Waals surface area (Å²) in [5.41, 5.74) is 1.09. The van der Waals surface area contributed by atoms with Gasteiger partial charge in [0.15, 0.2) is 0 Å². The maximum Gasteiger partial charge on any atom is 0.120 e. The number of methoxy groups -OCH3 is 1. The van der Waals surface area contributed by atoms with Crippen molar-refractivity contribution in [2.45, 2.75) is 4.90 Å². The van der Waals surface area contributed by atoms with Gasteiger partial charge in [-0.1, -0.05) is 12.2 Å². The summed E-state index contributed by atoms with van der Waals surface area (Å²) in [6, 6.07) is 5.95. The zero-order valence-electron chi connectivity index (χ0n) is 7.16. The number of hydrogen-bond acceptors (Lipinski definition) is 3. The molecule has 0 saturated carbocycles. The first-order valence-electron chi connectivity index (χ1n) is 3.90. The van der Waals surface area contributed by atoms with E-state index >= 15 is 0 Å². The van der Waals surface area contributed by atoms with Crippen LogP contribution in [0.3, 0.4) is 0 Å². The second-order valence-electron chi connectivity index (χ2n) is 2.70. The Morgan fingerprint density at radius 2 is 2.38 bits per heavy atom. The van der Waals surface area contributed by atoms with E-state index in [4.69, 9.17) is 17.0 Å². The molecule has 1 aliphatic rings. The molecule has 0 bridgehead atoms. The number of fused-ring (bicyclic) bond motifs is 1. The summed E-state index contributed by atoms with van der Waals surface area (Å²) in [7, 11) is 1.67. The van der Waals surface area contributed by atoms with Crippen LogP contribution in [-0.4, -0.2) is 17.9 Å². The highest BCUT2D eigenvalue weighted by molar-refractivity contribution is 8.01. The van der Waals surface area contributed by atoms with Crippen molar-refractivity contribution in [3.63, 3.8) is 0 Å². The molecule has 68 valence electrons. The molecule has 0 amide bonds. The lowest BCUT2D eigenvalue weighted by Crippen LogP contribution is -2.16. The van der Waals surface area contributed by atoms with Gasteiger partial charge >= 0.3 is 0 Å². The molecule has 4 heteroatoms. The van der Waals surface area contributed by atoms with E-state index in [9.17, 15) is 0 Å². The summed E-state index contributed by atoms with van der Waals surface area (Å²) in [5, 5.41) is 3.17. The van der Waals surface area contributed by atoms with Crippen molar-refractivity contribution in [1.29, 1.82) is 0 Å². The molecule has 1 aromatic carbocycles. The molecule has 1 aromatic rings. The highest BCUT2D eigenvalue weighted by Crippen LogP contribution is 2.34. The Hall–Kier alpha value is -0.740. The van der Waals surface area contributed by atoms with Crippen molar-refractivity contribution in [3.8, 4) is 5.75 Å². The fraction of sp³-hybridized carbons (Fsp3) is 0.222. The van der Waals surface area contributed by atoms with Gasteiger partial charge in [-0.25, -0.2) is 0 Å². The van der Waals surface area contributed by atoms with Crippen LogP contribution in [0.25, 0.3) is 0 Å². The van der Waals surface area contributed by atoms with Crippen molar-refractivity contribution >= 4 is 34.7 Å². The van der Waals surface area contributed by atoms with Gasteiger partial charge in [0.05, 0.1) is 17.8 Å². The van der Waals surface area contributed by atoms with Gasteiger partial charge in [-0.05, 0) is 18.2 Å². The Balaban J connectivity index is 2.36. The van der Waals surface area contributed by atoms with E-state index in [-0.39, 0.29) is 0 Å². The SMILES string of the molecule is COc1ccc2c(c1)SCC(=S)N2. The zero-order valence-corrected chi connectivity index (χ0v) is 8.80. The maximum atomic E-state index is 5.13. The molecular weight excluding hydrogens is 202 g/mol. The lowest BCUT2D eigenvalue weighted by atomic mass is 10.3. The normalized spacial score (nSPS) is 14.7. The molecular formula is C9H9NOS2. The Kier molecular flexibility index (Phi) is 2.42. The molecule has 1 heterocycles. The van der Waals surface area contributed by atoms with E-state index in [1.807, 2.05) is 18.2 Å². The summed E-state index contributed by atoms with van der Waals surface area (Å²) < 4.78 is 5.13. The van der Waals surface area contributed by atoms with E-state index in [0.717, 1.165) is 22.2 Å². The van der Waals surface area contributed by atoms with Crippen LogP contribution in [0.5, 0.6) is 5.75 Å². The molecule has 2 nitrogen and oxygen atoms in total. The maximum absolute atomic E-state index is 5.13. The van der Waals surface area contributed by atoms with Crippen LogP contribution in [0.1, 0.15) is 0 Å². The number of thiocarbonyl (C=S) groups is 1. The van der Waals surface area contributed by atoms with Crippen LogP contribution in [0.2, 0.25) is 0 Å². The monoisotopic (exact) mass is 211 g/mol. The van der Waals surface area contributed by atoms with Crippen molar-refractivity contribution in [2.75, 3.05) is 18.2 Å². The van der Waals surface area contributed by atoms with Gasteiger partial charge in [-0.3, -0.25) is 0 Å². The predicted molar refractivity (Wildman–Crippen MR) is 59.9 cm³/mol. The van der Waals surface area contributed by atoms with Crippen molar-refractivity contribution in [1.82, 2.24) is 0 Å². The van der Waals surface area contributed by atoms with Gasteiger partial charge in [0.1, 0.15) is 5.75 Å². The Morgan fingerprint density at radius 1 is 1.54 bits per heavy atom. The molecule has 0 atom stereocenters. The van der Waals surface area contributed by atoms with Crippen LogP contribution in [0.15, 0.2) is 23.1 Å². The zero-order chi connectivity index (χ0) is 9.26. The minimum Gasteiger partial charge on any atom is -0.497 e.